The van der Waals surface area contributed by atoms with Crippen molar-refractivity contribution in [1.29, 1.82) is 0 Å². The summed E-state index contributed by atoms with van der Waals surface area (Å²) < 4.78 is 5.07. The Bertz CT molecular complexity index is 693. The first-order valence-electron chi connectivity index (χ1n) is 5.59. The van der Waals surface area contributed by atoms with E-state index in [1.807, 2.05) is 30.3 Å². The molecule has 2 N–H and O–H groups in total. The van der Waals surface area contributed by atoms with Crippen LogP contribution in [0.15, 0.2) is 53.3 Å². The van der Waals surface area contributed by atoms with E-state index in [9.17, 15) is 0 Å². The van der Waals surface area contributed by atoms with E-state index in [0.29, 0.717) is 5.22 Å². The van der Waals surface area contributed by atoms with Gasteiger partial charge in [0.15, 0.2) is 5.22 Å². The molecule has 0 aliphatic carbocycles. The zero-order valence-corrected chi connectivity index (χ0v) is 10.3. The highest BCUT2D eigenvalue weighted by atomic mass is 35.5. The molecule has 0 saturated heterocycles. The van der Waals surface area contributed by atoms with Gasteiger partial charge in [-0.05, 0) is 41.4 Å². The molecule has 4 heteroatoms. The molecule has 1 atom stereocenters. The van der Waals surface area contributed by atoms with Gasteiger partial charge in [-0.1, -0.05) is 12.1 Å². The lowest BCUT2D eigenvalue weighted by molar-refractivity contribution is 0.564. The number of halogens is 1. The monoisotopic (exact) mass is 258 g/mol. The third-order valence-electron chi connectivity index (χ3n) is 2.97. The molecule has 0 fully saturated rings. The van der Waals surface area contributed by atoms with E-state index in [0.717, 1.165) is 22.0 Å². The summed E-state index contributed by atoms with van der Waals surface area (Å²) in [5.74, 6) is 0. The summed E-state index contributed by atoms with van der Waals surface area (Å²) in [6.07, 6.45) is 3.31. The van der Waals surface area contributed by atoms with Crippen LogP contribution in [-0.2, 0) is 0 Å². The fourth-order valence-corrected chi connectivity index (χ4v) is 2.23. The lowest BCUT2D eigenvalue weighted by Gasteiger charge is -2.11. The largest absolute Gasteiger partial charge is 0.453 e. The van der Waals surface area contributed by atoms with Crippen LogP contribution in [-0.4, -0.2) is 4.98 Å². The average Bonchev–Trinajstić information content (AvgIpc) is 2.83. The van der Waals surface area contributed by atoms with Gasteiger partial charge in [-0.3, -0.25) is 4.98 Å². The van der Waals surface area contributed by atoms with Crippen LogP contribution in [0.25, 0.3) is 10.9 Å². The van der Waals surface area contributed by atoms with Crippen molar-refractivity contribution in [1.82, 2.24) is 4.98 Å². The molecule has 0 spiro atoms. The predicted molar refractivity (Wildman–Crippen MR) is 71.5 cm³/mol. The Morgan fingerprint density at radius 3 is 2.89 bits per heavy atom. The second-order valence-corrected chi connectivity index (χ2v) is 4.43. The van der Waals surface area contributed by atoms with Gasteiger partial charge in [0, 0.05) is 17.1 Å². The van der Waals surface area contributed by atoms with E-state index >= 15 is 0 Å². The quantitative estimate of drug-likeness (QED) is 0.765. The minimum absolute atomic E-state index is 0.291. The molecular weight excluding hydrogens is 248 g/mol. The van der Waals surface area contributed by atoms with Crippen LogP contribution in [0.3, 0.4) is 0 Å². The Labute approximate surface area is 109 Å². The molecule has 2 heterocycles. The molecule has 1 aromatic carbocycles. The van der Waals surface area contributed by atoms with E-state index in [1.165, 1.54) is 0 Å². The minimum atomic E-state index is -0.291. The molecule has 0 aliphatic heterocycles. The van der Waals surface area contributed by atoms with E-state index in [1.54, 1.807) is 18.5 Å². The Morgan fingerprint density at radius 1 is 1.22 bits per heavy atom. The Morgan fingerprint density at radius 2 is 2.11 bits per heavy atom. The molecular formula is C14H11ClN2O. The van der Waals surface area contributed by atoms with Gasteiger partial charge in [-0.2, -0.15) is 0 Å². The maximum absolute atomic E-state index is 6.19. The van der Waals surface area contributed by atoms with Gasteiger partial charge in [0.1, 0.15) is 0 Å². The standard InChI is InChI=1S/C14H11ClN2O/c15-14-11(5-7-18-14)13(16)10-3-4-12-9(8-10)2-1-6-17-12/h1-8,13H,16H2. The highest BCUT2D eigenvalue weighted by molar-refractivity contribution is 6.29. The number of benzene rings is 1. The van der Waals surface area contributed by atoms with E-state index < -0.39 is 0 Å². The van der Waals surface area contributed by atoms with Gasteiger partial charge < -0.3 is 10.2 Å². The fourth-order valence-electron chi connectivity index (χ4n) is 1.99. The van der Waals surface area contributed by atoms with Crippen LogP contribution in [0.2, 0.25) is 5.22 Å². The molecule has 3 aromatic rings. The van der Waals surface area contributed by atoms with E-state index in [-0.39, 0.29) is 6.04 Å². The first-order chi connectivity index (χ1) is 8.75. The van der Waals surface area contributed by atoms with Crippen molar-refractivity contribution in [2.75, 3.05) is 0 Å². The molecule has 0 aliphatic rings. The summed E-state index contributed by atoms with van der Waals surface area (Å²) in [4.78, 5) is 4.28. The lowest BCUT2D eigenvalue weighted by atomic mass is 10.0. The Hall–Kier alpha value is -1.84. The zero-order valence-electron chi connectivity index (χ0n) is 9.51. The summed E-state index contributed by atoms with van der Waals surface area (Å²) in [7, 11) is 0. The SMILES string of the molecule is NC(c1ccc2ncccc2c1)c1ccoc1Cl. The van der Waals surface area contributed by atoms with Gasteiger partial charge in [0.2, 0.25) is 0 Å². The number of hydrogen-bond donors (Lipinski definition) is 1. The topological polar surface area (TPSA) is 52.0 Å². The van der Waals surface area contributed by atoms with Crippen LogP contribution in [0, 0.1) is 0 Å². The Balaban J connectivity index is 2.07. The number of furan rings is 1. The van der Waals surface area contributed by atoms with Gasteiger partial charge in [-0.15, -0.1) is 0 Å². The van der Waals surface area contributed by atoms with Crippen LogP contribution in [0.4, 0.5) is 0 Å². The summed E-state index contributed by atoms with van der Waals surface area (Å²) >= 11 is 5.94. The molecule has 0 amide bonds. The third-order valence-corrected chi connectivity index (χ3v) is 3.27. The van der Waals surface area contributed by atoms with Crippen molar-refractivity contribution in [2.24, 2.45) is 5.73 Å². The normalized spacial score (nSPS) is 12.8. The van der Waals surface area contributed by atoms with Crippen molar-refractivity contribution in [3.05, 3.63) is 65.2 Å². The predicted octanol–water partition coefficient (Wildman–Crippen LogP) is 3.53. The average molecular weight is 259 g/mol. The summed E-state index contributed by atoms with van der Waals surface area (Å²) in [6, 6.07) is 11.4. The van der Waals surface area contributed by atoms with Crippen molar-refractivity contribution >= 4 is 22.5 Å². The highest BCUT2D eigenvalue weighted by Crippen LogP contribution is 2.28. The number of aromatic nitrogens is 1. The molecule has 18 heavy (non-hydrogen) atoms. The van der Waals surface area contributed by atoms with E-state index in [2.05, 4.69) is 4.98 Å². The van der Waals surface area contributed by atoms with Gasteiger partial charge in [0.05, 0.1) is 17.8 Å². The second-order valence-electron chi connectivity index (χ2n) is 4.08. The number of nitrogens with two attached hydrogens (primary N) is 1. The van der Waals surface area contributed by atoms with Gasteiger partial charge in [0.25, 0.3) is 0 Å². The van der Waals surface area contributed by atoms with Crippen LogP contribution in [0.5, 0.6) is 0 Å². The second kappa shape index (κ2) is 4.44. The van der Waals surface area contributed by atoms with E-state index in [4.69, 9.17) is 21.8 Å². The first-order valence-corrected chi connectivity index (χ1v) is 5.96. The molecule has 0 saturated carbocycles. The fraction of sp³-hybridized carbons (Fsp3) is 0.0714. The maximum atomic E-state index is 6.19. The van der Waals surface area contributed by atoms with Crippen molar-refractivity contribution in [3.63, 3.8) is 0 Å². The number of nitrogens with zero attached hydrogens (tertiary/aromatic N) is 1. The van der Waals surface area contributed by atoms with Crippen LogP contribution < -0.4 is 5.73 Å². The minimum Gasteiger partial charge on any atom is -0.453 e. The number of hydrogen-bond acceptors (Lipinski definition) is 3. The number of rotatable bonds is 2. The summed E-state index contributed by atoms with van der Waals surface area (Å²) in [5, 5.41) is 1.40. The molecule has 3 rings (SSSR count). The summed E-state index contributed by atoms with van der Waals surface area (Å²) in [6.45, 7) is 0. The van der Waals surface area contributed by atoms with Crippen LogP contribution >= 0.6 is 11.6 Å². The van der Waals surface area contributed by atoms with Crippen LogP contribution in [0.1, 0.15) is 17.2 Å². The maximum Gasteiger partial charge on any atom is 0.198 e. The van der Waals surface area contributed by atoms with Gasteiger partial charge in [-0.25, -0.2) is 0 Å². The number of pyridine rings is 1. The third kappa shape index (κ3) is 1.88. The van der Waals surface area contributed by atoms with Crippen molar-refractivity contribution in [2.45, 2.75) is 6.04 Å². The highest BCUT2D eigenvalue weighted by Gasteiger charge is 2.15. The molecule has 3 nitrogen and oxygen atoms in total. The van der Waals surface area contributed by atoms with Crippen molar-refractivity contribution < 1.29 is 4.42 Å². The molecule has 2 aromatic heterocycles. The molecule has 1 unspecified atom stereocenters. The van der Waals surface area contributed by atoms with Crippen molar-refractivity contribution in [3.8, 4) is 0 Å². The number of fused-ring (bicyclic) bond motifs is 1. The Kier molecular flexibility index (Phi) is 2.78. The molecule has 0 radical (unpaired) electrons. The smallest absolute Gasteiger partial charge is 0.198 e. The molecule has 0 bridgehead atoms. The molecule has 90 valence electrons. The van der Waals surface area contributed by atoms with Gasteiger partial charge >= 0.3 is 0 Å². The lowest BCUT2D eigenvalue weighted by Crippen LogP contribution is -2.11. The summed E-state index contributed by atoms with van der Waals surface area (Å²) in [5.41, 5.74) is 8.92. The zero-order chi connectivity index (χ0) is 12.5. The first kappa shape index (κ1) is 11.3.